The number of thiazole rings is 1. The Bertz CT molecular complexity index is 612. The Labute approximate surface area is 105 Å². The molecule has 0 saturated heterocycles. The summed E-state index contributed by atoms with van der Waals surface area (Å²) in [5.74, 6) is -2.19. The van der Waals surface area contributed by atoms with Crippen LogP contribution in [-0.4, -0.2) is 16.4 Å². The van der Waals surface area contributed by atoms with Crippen molar-refractivity contribution in [2.45, 2.75) is 18.4 Å². The Hall–Kier alpha value is -1.60. The van der Waals surface area contributed by atoms with E-state index in [0.717, 1.165) is 23.5 Å². The molecule has 0 bridgehead atoms. The summed E-state index contributed by atoms with van der Waals surface area (Å²) in [6.45, 7) is 0. The Balaban J connectivity index is 1.91. The lowest BCUT2D eigenvalue weighted by atomic mass is 10.3. The van der Waals surface area contributed by atoms with Gasteiger partial charge in [0.15, 0.2) is 16.8 Å². The van der Waals surface area contributed by atoms with E-state index >= 15 is 0 Å². The fourth-order valence-electron chi connectivity index (χ4n) is 1.56. The van der Waals surface area contributed by atoms with E-state index in [-0.39, 0.29) is 5.91 Å². The lowest BCUT2D eigenvalue weighted by molar-refractivity contribution is -0.118. The fraction of sp³-hybridized carbons (Fsp3) is 0.273. The van der Waals surface area contributed by atoms with Crippen molar-refractivity contribution in [2.24, 2.45) is 5.73 Å². The van der Waals surface area contributed by atoms with Crippen LogP contribution < -0.4 is 11.1 Å². The Morgan fingerprint density at radius 3 is 2.72 bits per heavy atom. The molecule has 18 heavy (non-hydrogen) atoms. The van der Waals surface area contributed by atoms with E-state index in [1.807, 2.05) is 0 Å². The summed E-state index contributed by atoms with van der Waals surface area (Å²) < 4.78 is 26.5. The normalized spacial score (nSPS) is 16.8. The van der Waals surface area contributed by atoms with Crippen molar-refractivity contribution < 1.29 is 13.6 Å². The lowest BCUT2D eigenvalue weighted by Crippen LogP contribution is -2.37. The highest BCUT2D eigenvalue weighted by Gasteiger charge is 2.46. The number of amides is 1. The maximum absolute atomic E-state index is 13.0. The fourth-order valence-corrected chi connectivity index (χ4v) is 2.43. The average molecular weight is 269 g/mol. The van der Waals surface area contributed by atoms with Crippen molar-refractivity contribution in [1.82, 2.24) is 4.98 Å². The van der Waals surface area contributed by atoms with Gasteiger partial charge in [-0.2, -0.15) is 0 Å². The highest BCUT2D eigenvalue weighted by Crippen LogP contribution is 2.34. The third-order valence-corrected chi connectivity index (χ3v) is 3.83. The summed E-state index contributed by atoms with van der Waals surface area (Å²) in [6.07, 6.45) is 1.29. The van der Waals surface area contributed by atoms with Crippen molar-refractivity contribution in [3.8, 4) is 0 Å². The highest BCUT2D eigenvalue weighted by molar-refractivity contribution is 7.22. The number of nitrogens with one attached hydrogen (secondary N) is 1. The van der Waals surface area contributed by atoms with Crippen molar-refractivity contribution in [1.29, 1.82) is 0 Å². The molecule has 1 fully saturated rings. The number of carbonyl (C=O) groups is 1. The molecule has 1 saturated carbocycles. The Morgan fingerprint density at radius 2 is 2.06 bits per heavy atom. The molecule has 0 atom stereocenters. The molecular weight excluding hydrogens is 260 g/mol. The van der Waals surface area contributed by atoms with Crippen LogP contribution >= 0.6 is 11.3 Å². The van der Waals surface area contributed by atoms with Gasteiger partial charge in [-0.25, -0.2) is 13.8 Å². The van der Waals surface area contributed by atoms with E-state index in [1.165, 1.54) is 0 Å². The SMILES string of the molecule is NC1(C(=O)Nc2nc3cc(F)c(F)cc3s2)CC1. The van der Waals surface area contributed by atoms with Crippen molar-refractivity contribution in [3.05, 3.63) is 23.8 Å². The quantitative estimate of drug-likeness (QED) is 0.876. The van der Waals surface area contributed by atoms with Gasteiger partial charge in [0.05, 0.1) is 15.8 Å². The summed E-state index contributed by atoms with van der Waals surface area (Å²) in [6, 6.07) is 2.07. The van der Waals surface area contributed by atoms with Gasteiger partial charge in [-0.05, 0) is 18.9 Å². The second kappa shape index (κ2) is 3.69. The molecule has 0 unspecified atom stereocenters. The smallest absolute Gasteiger partial charge is 0.246 e. The number of benzene rings is 1. The molecule has 1 heterocycles. The van der Waals surface area contributed by atoms with Crippen LogP contribution in [0, 0.1) is 11.6 Å². The molecule has 4 nitrogen and oxygen atoms in total. The number of hydrogen-bond acceptors (Lipinski definition) is 4. The van der Waals surface area contributed by atoms with Crippen LogP contribution in [0.2, 0.25) is 0 Å². The standard InChI is InChI=1S/C11H9F2N3OS/c12-5-3-7-8(4-6(5)13)18-10(15-7)16-9(17)11(14)1-2-11/h3-4H,1-2,14H2,(H,15,16,17). The van der Waals surface area contributed by atoms with Crippen LogP contribution in [-0.2, 0) is 4.79 Å². The molecule has 3 rings (SSSR count). The van der Waals surface area contributed by atoms with Gasteiger partial charge in [-0.3, -0.25) is 4.79 Å². The van der Waals surface area contributed by atoms with Gasteiger partial charge in [0.25, 0.3) is 0 Å². The predicted octanol–water partition coefficient (Wildman–Crippen LogP) is 2.00. The van der Waals surface area contributed by atoms with Gasteiger partial charge < -0.3 is 11.1 Å². The van der Waals surface area contributed by atoms with Crippen molar-refractivity contribution in [2.75, 3.05) is 5.32 Å². The number of hydrogen-bond donors (Lipinski definition) is 2. The second-order valence-corrected chi connectivity index (χ2v) is 5.39. The Kier molecular flexibility index (Phi) is 2.36. The molecule has 0 radical (unpaired) electrons. The number of nitrogens with zero attached hydrogens (tertiary/aromatic N) is 1. The van der Waals surface area contributed by atoms with Crippen molar-refractivity contribution in [3.63, 3.8) is 0 Å². The molecule has 1 aliphatic rings. The van der Waals surface area contributed by atoms with Gasteiger partial charge in [0.1, 0.15) is 0 Å². The summed E-state index contributed by atoms with van der Waals surface area (Å²) >= 11 is 1.09. The summed E-state index contributed by atoms with van der Waals surface area (Å²) in [5, 5.41) is 2.87. The molecule has 1 aromatic heterocycles. The van der Waals surface area contributed by atoms with E-state index < -0.39 is 17.2 Å². The zero-order valence-electron chi connectivity index (χ0n) is 9.17. The van der Waals surface area contributed by atoms with E-state index in [4.69, 9.17) is 5.73 Å². The van der Waals surface area contributed by atoms with Crippen LogP contribution in [0.1, 0.15) is 12.8 Å². The van der Waals surface area contributed by atoms with Crippen LogP contribution in [0.4, 0.5) is 13.9 Å². The summed E-state index contributed by atoms with van der Waals surface area (Å²) in [5.41, 5.74) is 5.24. The van der Waals surface area contributed by atoms with Crippen molar-refractivity contribution >= 4 is 32.6 Å². The lowest BCUT2D eigenvalue weighted by Gasteiger charge is -2.06. The molecule has 0 aliphatic heterocycles. The zero-order chi connectivity index (χ0) is 12.9. The highest BCUT2D eigenvalue weighted by atomic mass is 32.1. The van der Waals surface area contributed by atoms with E-state index in [2.05, 4.69) is 10.3 Å². The van der Waals surface area contributed by atoms with Crippen LogP contribution in [0.25, 0.3) is 10.2 Å². The van der Waals surface area contributed by atoms with E-state index in [0.29, 0.717) is 28.2 Å². The number of nitrogens with two attached hydrogens (primary N) is 1. The third kappa shape index (κ3) is 1.85. The average Bonchev–Trinajstić information content (AvgIpc) is 2.94. The number of anilines is 1. The Morgan fingerprint density at radius 1 is 1.39 bits per heavy atom. The van der Waals surface area contributed by atoms with Crippen LogP contribution in [0.5, 0.6) is 0 Å². The summed E-state index contributed by atoms with van der Waals surface area (Å²) in [4.78, 5) is 15.7. The number of rotatable bonds is 2. The third-order valence-electron chi connectivity index (χ3n) is 2.89. The molecule has 2 aromatic rings. The second-order valence-electron chi connectivity index (χ2n) is 4.36. The van der Waals surface area contributed by atoms with Crippen LogP contribution in [0.15, 0.2) is 12.1 Å². The first-order valence-corrected chi connectivity index (χ1v) is 6.15. The number of fused-ring (bicyclic) bond motifs is 1. The molecule has 0 spiro atoms. The monoisotopic (exact) mass is 269 g/mol. The number of halogens is 2. The topological polar surface area (TPSA) is 68.0 Å². The number of aromatic nitrogens is 1. The molecule has 1 amide bonds. The largest absolute Gasteiger partial charge is 0.317 e. The van der Waals surface area contributed by atoms with Crippen LogP contribution in [0.3, 0.4) is 0 Å². The summed E-state index contributed by atoms with van der Waals surface area (Å²) in [7, 11) is 0. The van der Waals surface area contributed by atoms with E-state index in [1.54, 1.807) is 0 Å². The van der Waals surface area contributed by atoms with Gasteiger partial charge >= 0.3 is 0 Å². The molecule has 1 aliphatic carbocycles. The zero-order valence-corrected chi connectivity index (χ0v) is 9.98. The molecule has 1 aromatic carbocycles. The molecule has 7 heteroatoms. The minimum atomic E-state index is -0.955. The maximum Gasteiger partial charge on any atom is 0.246 e. The molecule has 94 valence electrons. The maximum atomic E-state index is 13.0. The van der Waals surface area contributed by atoms with E-state index in [9.17, 15) is 13.6 Å². The van der Waals surface area contributed by atoms with Gasteiger partial charge in [0, 0.05) is 6.07 Å². The molecule has 3 N–H and O–H groups in total. The number of carbonyl (C=O) groups excluding carboxylic acids is 1. The first kappa shape index (κ1) is 11.5. The molecular formula is C11H9F2N3OS. The minimum absolute atomic E-state index is 0.303. The predicted molar refractivity (Wildman–Crippen MR) is 64.3 cm³/mol. The van der Waals surface area contributed by atoms with Gasteiger partial charge in [-0.1, -0.05) is 11.3 Å². The van der Waals surface area contributed by atoms with Gasteiger partial charge in [0.2, 0.25) is 5.91 Å². The first-order chi connectivity index (χ1) is 8.48. The minimum Gasteiger partial charge on any atom is -0.317 e. The van der Waals surface area contributed by atoms with Gasteiger partial charge in [-0.15, -0.1) is 0 Å². The first-order valence-electron chi connectivity index (χ1n) is 5.34.